The lowest BCUT2D eigenvalue weighted by Crippen LogP contribution is -2.36. The Morgan fingerprint density at radius 2 is 2.24 bits per heavy atom. The maximum atomic E-state index is 7.58. The van der Waals surface area contributed by atoms with E-state index in [4.69, 9.17) is 11.1 Å². The zero-order chi connectivity index (χ0) is 12.3. The van der Waals surface area contributed by atoms with Crippen LogP contribution in [-0.4, -0.2) is 35.4 Å². The minimum absolute atomic E-state index is 0.0973. The van der Waals surface area contributed by atoms with E-state index in [2.05, 4.69) is 16.1 Å². The average molecular weight is 250 g/mol. The van der Waals surface area contributed by atoms with Gasteiger partial charge >= 0.3 is 0 Å². The minimum atomic E-state index is 0.0973. The highest BCUT2D eigenvalue weighted by Gasteiger charge is 2.21. The van der Waals surface area contributed by atoms with Gasteiger partial charge in [-0.2, -0.15) is 11.8 Å². The molecule has 1 aromatic heterocycles. The molecule has 1 aliphatic rings. The first kappa shape index (κ1) is 12.2. The maximum absolute atomic E-state index is 7.58. The Balaban J connectivity index is 2.15. The number of anilines is 1. The Kier molecular flexibility index (Phi) is 3.89. The zero-order valence-electron chi connectivity index (χ0n) is 10.0. The number of thioether (sulfide) groups is 1. The Bertz CT molecular complexity index is 399. The van der Waals surface area contributed by atoms with Crippen molar-refractivity contribution >= 4 is 23.4 Å². The molecule has 1 fully saturated rings. The molecular formula is C12H18N4S. The van der Waals surface area contributed by atoms with Crippen LogP contribution in [0.5, 0.6) is 0 Å². The van der Waals surface area contributed by atoms with E-state index >= 15 is 0 Å². The van der Waals surface area contributed by atoms with Crippen LogP contribution >= 0.6 is 11.8 Å². The number of piperidine rings is 1. The monoisotopic (exact) mass is 250 g/mol. The predicted molar refractivity (Wildman–Crippen MR) is 74.0 cm³/mol. The highest BCUT2D eigenvalue weighted by Crippen LogP contribution is 2.25. The van der Waals surface area contributed by atoms with Crippen molar-refractivity contribution in [1.29, 1.82) is 5.41 Å². The van der Waals surface area contributed by atoms with Gasteiger partial charge in [-0.1, -0.05) is 0 Å². The number of pyridine rings is 1. The summed E-state index contributed by atoms with van der Waals surface area (Å²) < 4.78 is 0. The second-order valence-electron chi connectivity index (χ2n) is 4.21. The fourth-order valence-corrected chi connectivity index (χ4v) is 2.84. The van der Waals surface area contributed by atoms with Crippen LogP contribution in [0.3, 0.4) is 0 Å². The molecule has 5 heteroatoms. The number of hydrogen-bond acceptors (Lipinski definition) is 4. The molecule has 0 aliphatic carbocycles. The maximum Gasteiger partial charge on any atom is 0.139 e. The quantitative estimate of drug-likeness (QED) is 0.633. The normalized spacial score (nSPS) is 17.1. The van der Waals surface area contributed by atoms with Gasteiger partial charge in [0.2, 0.25) is 0 Å². The molecule has 2 rings (SSSR count). The molecule has 1 aliphatic heterocycles. The van der Waals surface area contributed by atoms with E-state index in [0.717, 1.165) is 29.7 Å². The summed E-state index contributed by atoms with van der Waals surface area (Å²) in [4.78, 5) is 6.61. The fraction of sp³-hybridized carbons (Fsp3) is 0.500. The lowest BCUT2D eigenvalue weighted by atomic mass is 10.1. The molecule has 0 saturated carbocycles. The molecule has 0 bridgehead atoms. The number of aromatic nitrogens is 1. The summed E-state index contributed by atoms with van der Waals surface area (Å²) in [6, 6.07) is 3.69. The Hall–Kier alpha value is -1.23. The molecule has 0 atom stereocenters. The van der Waals surface area contributed by atoms with Crippen molar-refractivity contribution in [3.05, 3.63) is 23.9 Å². The van der Waals surface area contributed by atoms with Crippen molar-refractivity contribution in [2.75, 3.05) is 24.2 Å². The lowest BCUT2D eigenvalue weighted by Gasteiger charge is -2.32. The molecule has 1 aromatic rings. The van der Waals surface area contributed by atoms with Gasteiger partial charge in [0.05, 0.1) is 5.56 Å². The standard InChI is InChI=1S/C12H18N4S/c1-17-9-4-7-16(8-5-9)12-10(11(13)14)3-2-6-15-12/h2-3,6,9H,4-5,7-8H2,1H3,(H3,13,14). The second-order valence-corrected chi connectivity index (χ2v) is 5.35. The van der Waals surface area contributed by atoms with Crippen molar-refractivity contribution in [3.63, 3.8) is 0 Å². The Labute approximate surface area is 106 Å². The van der Waals surface area contributed by atoms with Gasteiger partial charge in [0.15, 0.2) is 0 Å². The van der Waals surface area contributed by atoms with E-state index in [1.807, 2.05) is 23.9 Å². The molecule has 4 nitrogen and oxygen atoms in total. The SMILES string of the molecule is CSC1CCN(c2ncccc2C(=N)N)CC1. The van der Waals surface area contributed by atoms with Crippen molar-refractivity contribution < 1.29 is 0 Å². The topological polar surface area (TPSA) is 66.0 Å². The molecule has 17 heavy (non-hydrogen) atoms. The molecule has 1 saturated heterocycles. The van der Waals surface area contributed by atoms with Crippen LogP contribution in [0, 0.1) is 5.41 Å². The van der Waals surface area contributed by atoms with Crippen LogP contribution in [0.2, 0.25) is 0 Å². The number of nitrogen functional groups attached to an aromatic ring is 1. The van der Waals surface area contributed by atoms with Crippen molar-refractivity contribution in [2.45, 2.75) is 18.1 Å². The van der Waals surface area contributed by atoms with Gasteiger partial charge in [-0.15, -0.1) is 0 Å². The third-order valence-electron chi connectivity index (χ3n) is 3.15. The minimum Gasteiger partial charge on any atom is -0.384 e. The number of rotatable bonds is 3. The molecule has 0 spiro atoms. The summed E-state index contributed by atoms with van der Waals surface area (Å²) in [5.74, 6) is 0.958. The molecule has 0 unspecified atom stereocenters. The van der Waals surface area contributed by atoms with Crippen LogP contribution in [0.15, 0.2) is 18.3 Å². The number of nitrogens with two attached hydrogens (primary N) is 1. The van der Waals surface area contributed by atoms with E-state index in [0.29, 0.717) is 0 Å². The summed E-state index contributed by atoms with van der Waals surface area (Å²) in [5.41, 5.74) is 6.33. The lowest BCUT2D eigenvalue weighted by molar-refractivity contribution is 0.586. The predicted octanol–water partition coefficient (Wildman–Crippen LogP) is 1.70. The van der Waals surface area contributed by atoms with Gasteiger partial charge < -0.3 is 10.6 Å². The molecular weight excluding hydrogens is 232 g/mol. The van der Waals surface area contributed by atoms with Gasteiger partial charge in [-0.05, 0) is 31.2 Å². The number of hydrogen-bond donors (Lipinski definition) is 2. The first-order valence-electron chi connectivity index (χ1n) is 5.79. The molecule has 0 aromatic carbocycles. The van der Waals surface area contributed by atoms with Crippen molar-refractivity contribution in [1.82, 2.24) is 4.98 Å². The zero-order valence-corrected chi connectivity index (χ0v) is 10.8. The van der Waals surface area contributed by atoms with E-state index in [1.54, 1.807) is 6.20 Å². The van der Waals surface area contributed by atoms with Gasteiger partial charge in [-0.3, -0.25) is 5.41 Å². The third kappa shape index (κ3) is 2.72. The Morgan fingerprint density at radius 3 is 2.82 bits per heavy atom. The fourth-order valence-electron chi connectivity index (χ4n) is 2.16. The van der Waals surface area contributed by atoms with Gasteiger partial charge in [0, 0.05) is 24.5 Å². The van der Waals surface area contributed by atoms with E-state index in [-0.39, 0.29) is 5.84 Å². The van der Waals surface area contributed by atoms with E-state index in [9.17, 15) is 0 Å². The number of nitrogens with zero attached hydrogens (tertiary/aromatic N) is 2. The van der Waals surface area contributed by atoms with Gasteiger partial charge in [0.1, 0.15) is 11.7 Å². The smallest absolute Gasteiger partial charge is 0.139 e. The van der Waals surface area contributed by atoms with Crippen molar-refractivity contribution in [3.8, 4) is 0 Å². The molecule has 0 radical (unpaired) electrons. The summed E-state index contributed by atoms with van der Waals surface area (Å²) in [6.45, 7) is 2.01. The van der Waals surface area contributed by atoms with Crippen LogP contribution in [0.25, 0.3) is 0 Å². The second kappa shape index (κ2) is 5.40. The first-order chi connectivity index (χ1) is 8.22. The van der Waals surface area contributed by atoms with Crippen LogP contribution in [0.1, 0.15) is 18.4 Å². The summed E-state index contributed by atoms with van der Waals surface area (Å²) in [7, 11) is 0. The summed E-state index contributed by atoms with van der Waals surface area (Å²) in [6.07, 6.45) is 6.29. The van der Waals surface area contributed by atoms with Gasteiger partial charge in [0.25, 0.3) is 0 Å². The number of nitrogens with one attached hydrogen (secondary N) is 1. The van der Waals surface area contributed by atoms with Crippen LogP contribution in [0.4, 0.5) is 5.82 Å². The van der Waals surface area contributed by atoms with E-state index in [1.165, 1.54) is 12.8 Å². The van der Waals surface area contributed by atoms with Gasteiger partial charge in [-0.25, -0.2) is 4.98 Å². The third-order valence-corrected chi connectivity index (χ3v) is 4.29. The molecule has 0 amide bonds. The summed E-state index contributed by atoms with van der Waals surface area (Å²) in [5, 5.41) is 8.34. The average Bonchev–Trinajstić information content (AvgIpc) is 2.39. The van der Waals surface area contributed by atoms with E-state index < -0.39 is 0 Å². The highest BCUT2D eigenvalue weighted by molar-refractivity contribution is 7.99. The summed E-state index contributed by atoms with van der Waals surface area (Å²) >= 11 is 1.94. The van der Waals surface area contributed by atoms with Crippen LogP contribution in [-0.2, 0) is 0 Å². The largest absolute Gasteiger partial charge is 0.384 e. The highest BCUT2D eigenvalue weighted by atomic mass is 32.2. The molecule has 3 N–H and O–H groups in total. The molecule has 92 valence electrons. The Morgan fingerprint density at radius 1 is 1.53 bits per heavy atom. The molecule has 2 heterocycles. The van der Waals surface area contributed by atoms with Crippen LogP contribution < -0.4 is 10.6 Å². The first-order valence-corrected chi connectivity index (χ1v) is 7.08. The van der Waals surface area contributed by atoms with Crippen molar-refractivity contribution in [2.24, 2.45) is 5.73 Å². The number of amidine groups is 1.